The maximum absolute atomic E-state index is 14.7. The van der Waals surface area contributed by atoms with E-state index in [1.54, 1.807) is 17.1 Å². The third-order valence-electron chi connectivity index (χ3n) is 6.68. The third kappa shape index (κ3) is 3.89. The summed E-state index contributed by atoms with van der Waals surface area (Å²) in [7, 11) is 0. The summed E-state index contributed by atoms with van der Waals surface area (Å²) in [5.74, 6) is 0.0864. The largest absolute Gasteiger partial charge is 0.324 e. The highest BCUT2D eigenvalue weighted by atomic mass is 19.1. The number of aromatic nitrogens is 5. The Labute approximate surface area is 202 Å². The smallest absolute Gasteiger partial charge is 0.278 e. The number of fused-ring (bicyclic) bond motifs is 2. The summed E-state index contributed by atoms with van der Waals surface area (Å²) in [6.45, 7) is 7.73. The van der Waals surface area contributed by atoms with Crippen molar-refractivity contribution in [1.29, 1.82) is 0 Å². The van der Waals surface area contributed by atoms with Crippen LogP contribution in [0.15, 0.2) is 41.5 Å². The van der Waals surface area contributed by atoms with Gasteiger partial charge >= 0.3 is 0 Å². The van der Waals surface area contributed by atoms with Crippen molar-refractivity contribution < 1.29 is 4.39 Å². The molecule has 6 rings (SSSR count). The van der Waals surface area contributed by atoms with Gasteiger partial charge in [0.15, 0.2) is 5.65 Å². The van der Waals surface area contributed by atoms with Crippen molar-refractivity contribution in [2.75, 3.05) is 11.9 Å². The summed E-state index contributed by atoms with van der Waals surface area (Å²) in [5, 5.41) is 6.88. The Kier molecular flexibility index (Phi) is 5.00. The zero-order valence-corrected chi connectivity index (χ0v) is 20.1. The molecule has 8 nitrogen and oxygen atoms in total. The van der Waals surface area contributed by atoms with E-state index in [9.17, 15) is 9.18 Å². The lowest BCUT2D eigenvalue weighted by atomic mass is 9.91. The van der Waals surface area contributed by atoms with Gasteiger partial charge in [0.1, 0.15) is 11.2 Å². The van der Waals surface area contributed by atoms with Crippen LogP contribution in [0.4, 0.5) is 16.0 Å². The fraction of sp³-hybridized carbons (Fsp3) is 0.385. The van der Waals surface area contributed by atoms with Gasteiger partial charge in [-0.3, -0.25) is 9.78 Å². The Morgan fingerprint density at radius 3 is 2.77 bits per heavy atom. The SMILES string of the molecule is CC(C)(C)c1cc(-n2c3nc(Nc4cc(F)c5c(c4)CNCC5)ncc3c(=O)n2C2CC2)ccn1. The average Bonchev–Trinajstić information content (AvgIpc) is 3.62. The lowest BCUT2D eigenvalue weighted by molar-refractivity contribution is 0.549. The number of anilines is 2. The van der Waals surface area contributed by atoms with Gasteiger partial charge in [-0.25, -0.2) is 18.7 Å². The minimum atomic E-state index is -0.226. The second kappa shape index (κ2) is 7.98. The van der Waals surface area contributed by atoms with Crippen molar-refractivity contribution in [3.63, 3.8) is 0 Å². The fourth-order valence-corrected chi connectivity index (χ4v) is 4.69. The van der Waals surface area contributed by atoms with E-state index >= 15 is 0 Å². The van der Waals surface area contributed by atoms with Crippen LogP contribution in [0.25, 0.3) is 16.7 Å². The van der Waals surface area contributed by atoms with E-state index < -0.39 is 0 Å². The zero-order chi connectivity index (χ0) is 24.3. The van der Waals surface area contributed by atoms with E-state index in [0.29, 0.717) is 35.6 Å². The molecule has 3 aromatic heterocycles. The molecule has 180 valence electrons. The normalized spacial score (nSPS) is 15.9. The highest BCUT2D eigenvalue weighted by Crippen LogP contribution is 2.36. The van der Waals surface area contributed by atoms with E-state index in [1.165, 1.54) is 6.07 Å². The van der Waals surface area contributed by atoms with Crippen molar-refractivity contribution in [3.05, 3.63) is 69.7 Å². The van der Waals surface area contributed by atoms with Crippen molar-refractivity contribution in [3.8, 4) is 5.69 Å². The number of halogens is 1. The van der Waals surface area contributed by atoms with Crippen molar-refractivity contribution in [1.82, 2.24) is 29.6 Å². The van der Waals surface area contributed by atoms with E-state index in [4.69, 9.17) is 4.98 Å². The number of rotatable bonds is 4. The van der Waals surface area contributed by atoms with Crippen LogP contribution in [0, 0.1) is 5.82 Å². The van der Waals surface area contributed by atoms with E-state index in [-0.39, 0.29) is 22.8 Å². The average molecular weight is 474 g/mol. The van der Waals surface area contributed by atoms with Crippen LogP contribution < -0.4 is 16.2 Å². The molecule has 4 heterocycles. The molecule has 0 saturated heterocycles. The van der Waals surface area contributed by atoms with Crippen molar-refractivity contribution in [2.45, 2.75) is 58.0 Å². The molecule has 0 unspecified atom stereocenters. The van der Waals surface area contributed by atoms with Gasteiger partial charge in [0.25, 0.3) is 5.56 Å². The van der Waals surface area contributed by atoms with Gasteiger partial charge in [-0.15, -0.1) is 0 Å². The van der Waals surface area contributed by atoms with Crippen molar-refractivity contribution in [2.24, 2.45) is 0 Å². The first-order chi connectivity index (χ1) is 16.8. The van der Waals surface area contributed by atoms with Crippen molar-refractivity contribution >= 4 is 22.7 Å². The van der Waals surface area contributed by atoms with Gasteiger partial charge in [-0.2, -0.15) is 4.98 Å². The van der Waals surface area contributed by atoms with Gasteiger partial charge < -0.3 is 10.6 Å². The standard InChI is InChI=1S/C26H28FN7O/c1-26(2,3)22-12-18(6-9-29-22)33-23-20(24(35)34(33)17-4-5-17)14-30-25(32-23)31-16-10-15-13-28-8-7-19(15)21(27)11-16/h6,9-12,14,17,28H,4-5,7-8,13H2,1-3H3,(H,30,31,32). The monoisotopic (exact) mass is 473 g/mol. The van der Waals surface area contributed by atoms with Gasteiger partial charge in [0.2, 0.25) is 5.95 Å². The molecule has 0 amide bonds. The Balaban J connectivity index is 1.47. The lowest BCUT2D eigenvalue weighted by Crippen LogP contribution is -2.24. The number of hydrogen-bond acceptors (Lipinski definition) is 6. The number of nitrogens with one attached hydrogen (secondary N) is 2. The fourth-order valence-electron chi connectivity index (χ4n) is 4.69. The predicted molar refractivity (Wildman–Crippen MR) is 133 cm³/mol. The minimum Gasteiger partial charge on any atom is -0.324 e. The molecule has 2 aliphatic rings. The maximum Gasteiger partial charge on any atom is 0.278 e. The Bertz CT molecular complexity index is 1510. The number of hydrogen-bond donors (Lipinski definition) is 2. The van der Waals surface area contributed by atoms with E-state index in [0.717, 1.165) is 41.9 Å². The first-order valence-electron chi connectivity index (χ1n) is 12.1. The summed E-state index contributed by atoms with van der Waals surface area (Å²) < 4.78 is 18.4. The van der Waals surface area contributed by atoms with Crippen LogP contribution in [0.5, 0.6) is 0 Å². The molecule has 35 heavy (non-hydrogen) atoms. The van der Waals surface area contributed by atoms with E-state index in [2.05, 4.69) is 41.4 Å². The van der Waals surface area contributed by atoms with Crippen LogP contribution in [0.2, 0.25) is 0 Å². The molecule has 9 heteroatoms. The summed E-state index contributed by atoms with van der Waals surface area (Å²) >= 11 is 0. The van der Waals surface area contributed by atoms with E-state index in [1.807, 2.05) is 22.9 Å². The topological polar surface area (TPSA) is 89.7 Å². The van der Waals surface area contributed by atoms with Crippen LogP contribution >= 0.6 is 0 Å². The molecule has 1 aliphatic heterocycles. The van der Waals surface area contributed by atoms with Gasteiger partial charge in [-0.1, -0.05) is 20.8 Å². The third-order valence-corrected chi connectivity index (χ3v) is 6.68. The molecule has 4 aromatic rings. The molecule has 0 spiro atoms. The molecule has 1 fully saturated rings. The molecular formula is C26H28FN7O. The quantitative estimate of drug-likeness (QED) is 0.463. The summed E-state index contributed by atoms with van der Waals surface area (Å²) in [4.78, 5) is 27.0. The maximum atomic E-state index is 14.7. The van der Waals surface area contributed by atoms with Crippen LogP contribution in [-0.4, -0.2) is 30.9 Å². The van der Waals surface area contributed by atoms with Crippen LogP contribution in [0.1, 0.15) is 56.5 Å². The molecule has 1 aliphatic carbocycles. The molecule has 1 saturated carbocycles. The highest BCUT2D eigenvalue weighted by molar-refractivity contribution is 5.77. The number of nitrogens with zero attached hydrogens (tertiary/aromatic N) is 5. The summed E-state index contributed by atoms with van der Waals surface area (Å²) in [5.41, 5.74) is 4.31. The second-order valence-corrected chi connectivity index (χ2v) is 10.4. The molecule has 2 N–H and O–H groups in total. The minimum absolute atomic E-state index is 0.103. The number of pyridine rings is 1. The predicted octanol–water partition coefficient (Wildman–Crippen LogP) is 4.14. The summed E-state index contributed by atoms with van der Waals surface area (Å²) in [6.07, 6.45) is 5.91. The molecule has 1 aromatic carbocycles. The molecule has 0 bridgehead atoms. The highest BCUT2D eigenvalue weighted by Gasteiger charge is 2.31. The van der Waals surface area contributed by atoms with Gasteiger partial charge in [0.05, 0.1) is 11.7 Å². The first-order valence-corrected chi connectivity index (χ1v) is 12.1. The molecule has 0 radical (unpaired) electrons. The van der Waals surface area contributed by atoms with Crippen LogP contribution in [0.3, 0.4) is 0 Å². The van der Waals surface area contributed by atoms with Gasteiger partial charge in [0, 0.05) is 35.7 Å². The first kappa shape index (κ1) is 21.9. The second-order valence-electron chi connectivity index (χ2n) is 10.4. The zero-order valence-electron chi connectivity index (χ0n) is 20.1. The number of benzene rings is 1. The van der Waals surface area contributed by atoms with Gasteiger partial charge in [-0.05, 0) is 61.2 Å². The lowest BCUT2D eigenvalue weighted by Gasteiger charge is -2.20. The Morgan fingerprint density at radius 2 is 2.00 bits per heavy atom. The Morgan fingerprint density at radius 1 is 1.17 bits per heavy atom. The molecular weight excluding hydrogens is 445 g/mol. The Hall–Kier alpha value is -3.59. The summed E-state index contributed by atoms with van der Waals surface area (Å²) in [6, 6.07) is 7.46. The molecule has 0 atom stereocenters. The van der Waals surface area contributed by atoms with Crippen LogP contribution in [-0.2, 0) is 18.4 Å².